The monoisotopic (exact) mass is 292 g/mol. The Morgan fingerprint density at radius 1 is 0.684 bits per heavy atom. The lowest BCUT2D eigenvalue weighted by molar-refractivity contribution is 0.197. The van der Waals surface area contributed by atoms with E-state index in [4.69, 9.17) is 9.05 Å². The van der Waals surface area contributed by atoms with Gasteiger partial charge in [0.1, 0.15) is 0 Å². The zero-order valence-electron chi connectivity index (χ0n) is 13.2. The molecule has 0 aliphatic rings. The molecule has 0 aliphatic heterocycles. The van der Waals surface area contributed by atoms with E-state index in [1.54, 1.807) is 0 Å². The van der Waals surface area contributed by atoms with Crippen LogP contribution in [0.1, 0.15) is 78.6 Å². The molecule has 0 bridgehead atoms. The molecule has 3 nitrogen and oxygen atoms in total. The predicted octanol–water partition coefficient (Wildman–Crippen LogP) is 5.78. The van der Waals surface area contributed by atoms with Crippen molar-refractivity contribution in [2.75, 3.05) is 19.4 Å². The molecule has 0 heterocycles. The van der Waals surface area contributed by atoms with Crippen molar-refractivity contribution < 1.29 is 13.6 Å². The van der Waals surface area contributed by atoms with Crippen LogP contribution < -0.4 is 0 Å². The Kier molecular flexibility index (Phi) is 13.3. The van der Waals surface area contributed by atoms with E-state index in [1.807, 2.05) is 0 Å². The fourth-order valence-corrected chi connectivity index (χ4v) is 3.66. The molecule has 0 aromatic carbocycles. The van der Waals surface area contributed by atoms with E-state index in [0.29, 0.717) is 19.4 Å². The van der Waals surface area contributed by atoms with Crippen molar-refractivity contribution in [3.8, 4) is 0 Å². The minimum atomic E-state index is -2.82. The van der Waals surface area contributed by atoms with Crippen LogP contribution in [0, 0.1) is 0 Å². The van der Waals surface area contributed by atoms with Gasteiger partial charge in [0.15, 0.2) is 0 Å². The third kappa shape index (κ3) is 11.7. The summed E-state index contributed by atoms with van der Waals surface area (Å²) in [5.41, 5.74) is 0. The molecule has 0 aromatic heterocycles. The maximum atomic E-state index is 12.5. The fraction of sp³-hybridized carbons (Fsp3) is 1.00. The van der Waals surface area contributed by atoms with Gasteiger partial charge in [-0.1, -0.05) is 59.3 Å². The molecule has 0 rings (SSSR count). The van der Waals surface area contributed by atoms with Crippen LogP contribution >= 0.6 is 7.60 Å². The molecule has 116 valence electrons. The zero-order valence-corrected chi connectivity index (χ0v) is 14.1. The molecule has 0 fully saturated rings. The van der Waals surface area contributed by atoms with Gasteiger partial charge in [0.25, 0.3) is 0 Å². The Morgan fingerprint density at radius 3 is 1.68 bits per heavy atom. The lowest BCUT2D eigenvalue weighted by atomic mass is 10.2. The summed E-state index contributed by atoms with van der Waals surface area (Å²) in [6, 6.07) is 0. The Bertz CT molecular complexity index is 231. The molecule has 19 heavy (non-hydrogen) atoms. The second-order valence-corrected chi connectivity index (χ2v) is 7.31. The van der Waals surface area contributed by atoms with Crippen LogP contribution in [0.2, 0.25) is 0 Å². The summed E-state index contributed by atoms with van der Waals surface area (Å²) in [5, 5.41) is 0. The first-order valence-electron chi connectivity index (χ1n) is 8.06. The van der Waals surface area contributed by atoms with Crippen LogP contribution in [0.15, 0.2) is 0 Å². The van der Waals surface area contributed by atoms with Gasteiger partial charge in [0.05, 0.1) is 19.4 Å². The number of hydrogen-bond donors (Lipinski definition) is 0. The van der Waals surface area contributed by atoms with Gasteiger partial charge in [-0.2, -0.15) is 0 Å². The second-order valence-electron chi connectivity index (χ2n) is 5.12. The highest BCUT2D eigenvalue weighted by Crippen LogP contribution is 2.49. The first-order valence-corrected chi connectivity index (χ1v) is 9.79. The Morgan fingerprint density at radius 2 is 1.16 bits per heavy atom. The molecule has 0 radical (unpaired) electrons. The van der Waals surface area contributed by atoms with E-state index in [1.165, 1.54) is 12.8 Å². The molecule has 0 N–H and O–H groups in total. The minimum absolute atomic E-state index is 0.573. The molecular weight excluding hydrogens is 259 g/mol. The van der Waals surface area contributed by atoms with E-state index in [-0.39, 0.29) is 0 Å². The third-order valence-corrected chi connectivity index (χ3v) is 5.12. The highest BCUT2D eigenvalue weighted by molar-refractivity contribution is 7.53. The first-order chi connectivity index (χ1) is 9.18. The van der Waals surface area contributed by atoms with E-state index in [2.05, 4.69) is 20.8 Å². The van der Waals surface area contributed by atoms with E-state index < -0.39 is 7.60 Å². The smallest absolute Gasteiger partial charge is 0.309 e. The maximum absolute atomic E-state index is 12.5. The van der Waals surface area contributed by atoms with Gasteiger partial charge in [0.2, 0.25) is 0 Å². The topological polar surface area (TPSA) is 35.5 Å². The van der Waals surface area contributed by atoms with Crippen molar-refractivity contribution in [3.63, 3.8) is 0 Å². The summed E-state index contributed by atoms with van der Waals surface area (Å²) in [6.45, 7) is 7.59. The molecule has 0 aliphatic carbocycles. The van der Waals surface area contributed by atoms with Crippen molar-refractivity contribution in [2.24, 2.45) is 0 Å². The van der Waals surface area contributed by atoms with Gasteiger partial charge < -0.3 is 9.05 Å². The molecule has 1 atom stereocenters. The lowest BCUT2D eigenvalue weighted by Crippen LogP contribution is -2.03. The number of unbranched alkanes of at least 4 members (excludes halogenated alkanes) is 6. The summed E-state index contributed by atoms with van der Waals surface area (Å²) in [4.78, 5) is 0. The van der Waals surface area contributed by atoms with Crippen molar-refractivity contribution in [1.29, 1.82) is 0 Å². The van der Waals surface area contributed by atoms with Crippen molar-refractivity contribution in [3.05, 3.63) is 0 Å². The van der Waals surface area contributed by atoms with Gasteiger partial charge in [-0.05, 0) is 19.3 Å². The summed E-state index contributed by atoms with van der Waals surface area (Å²) >= 11 is 0. The van der Waals surface area contributed by atoms with Gasteiger partial charge in [-0.3, -0.25) is 4.57 Å². The lowest BCUT2D eigenvalue weighted by Gasteiger charge is -2.18. The van der Waals surface area contributed by atoms with Crippen LogP contribution in [0.5, 0.6) is 0 Å². The third-order valence-electron chi connectivity index (χ3n) is 3.11. The molecule has 1 unspecified atom stereocenters. The summed E-state index contributed by atoms with van der Waals surface area (Å²) in [7, 11) is -2.82. The average Bonchev–Trinajstić information content (AvgIpc) is 2.41. The van der Waals surface area contributed by atoms with Gasteiger partial charge >= 0.3 is 7.60 Å². The first kappa shape index (κ1) is 19.1. The second kappa shape index (κ2) is 13.1. The van der Waals surface area contributed by atoms with Gasteiger partial charge in [0, 0.05) is 0 Å². The predicted molar refractivity (Wildman–Crippen MR) is 83.0 cm³/mol. The standard InChI is InChI=1S/C15H33O3P/c1-4-7-10-12-14-18-19(16,15-9-6-3)17-13-11-8-5-2/h4-15H2,1-3H3. The van der Waals surface area contributed by atoms with Crippen molar-refractivity contribution in [2.45, 2.75) is 78.6 Å². The molecule has 0 amide bonds. The largest absolute Gasteiger partial charge is 0.330 e. The minimum Gasteiger partial charge on any atom is -0.309 e. The van der Waals surface area contributed by atoms with Crippen LogP contribution in [0.25, 0.3) is 0 Å². The van der Waals surface area contributed by atoms with Crippen LogP contribution in [0.3, 0.4) is 0 Å². The van der Waals surface area contributed by atoms with E-state index in [0.717, 1.165) is 44.9 Å². The molecular formula is C15H33O3P. The zero-order chi connectivity index (χ0) is 14.4. The molecule has 0 saturated carbocycles. The normalized spacial score (nSPS) is 14.5. The number of hydrogen-bond acceptors (Lipinski definition) is 3. The fourth-order valence-electron chi connectivity index (χ4n) is 1.81. The Hall–Kier alpha value is 0.150. The SMILES string of the molecule is CCCCCCOP(=O)(CCCC)OCCCCC. The highest BCUT2D eigenvalue weighted by Gasteiger charge is 2.23. The van der Waals surface area contributed by atoms with Gasteiger partial charge in [-0.15, -0.1) is 0 Å². The Labute approximate surface area is 120 Å². The van der Waals surface area contributed by atoms with Crippen molar-refractivity contribution in [1.82, 2.24) is 0 Å². The summed E-state index contributed by atoms with van der Waals surface area (Å²) < 4.78 is 23.7. The maximum Gasteiger partial charge on any atom is 0.330 e. The summed E-state index contributed by atoms with van der Waals surface area (Å²) in [5.74, 6) is 0. The summed E-state index contributed by atoms with van der Waals surface area (Å²) in [6.07, 6.45) is 10.4. The van der Waals surface area contributed by atoms with Crippen molar-refractivity contribution >= 4 is 7.60 Å². The van der Waals surface area contributed by atoms with Gasteiger partial charge in [-0.25, -0.2) is 0 Å². The van der Waals surface area contributed by atoms with Crippen LogP contribution in [-0.4, -0.2) is 19.4 Å². The quantitative estimate of drug-likeness (QED) is 0.300. The molecule has 0 aromatic rings. The average molecular weight is 292 g/mol. The number of rotatable bonds is 14. The Balaban J connectivity index is 3.92. The molecule has 0 spiro atoms. The van der Waals surface area contributed by atoms with E-state index >= 15 is 0 Å². The van der Waals surface area contributed by atoms with Crippen LogP contribution in [-0.2, 0) is 13.6 Å². The molecule has 4 heteroatoms. The van der Waals surface area contributed by atoms with E-state index in [9.17, 15) is 4.57 Å². The molecule has 0 saturated heterocycles. The van der Waals surface area contributed by atoms with Crippen LogP contribution in [0.4, 0.5) is 0 Å². The highest BCUT2D eigenvalue weighted by atomic mass is 31.2.